The Labute approximate surface area is 344 Å². The van der Waals surface area contributed by atoms with Gasteiger partial charge in [0.25, 0.3) is 5.91 Å². The van der Waals surface area contributed by atoms with Gasteiger partial charge in [-0.1, -0.05) is 52.8 Å². The number of carbonyl (C=O) groups is 5. The number of carbonyl (C=O) groups excluding carboxylic acids is 5. The highest BCUT2D eigenvalue weighted by atomic mass is 16.3. The maximum Gasteiger partial charge on any atom is 0.255 e. The van der Waals surface area contributed by atoms with Gasteiger partial charge in [-0.2, -0.15) is 0 Å². The second-order valence-electron chi connectivity index (χ2n) is 16.7. The summed E-state index contributed by atoms with van der Waals surface area (Å²) in [4.78, 5) is 68.8. The molecule has 3 aromatic carbocycles. The summed E-state index contributed by atoms with van der Waals surface area (Å²) in [5.74, 6) is -0.915. The molecule has 0 bridgehead atoms. The molecule has 2 atom stereocenters. The number of likely N-dealkylation sites (tertiary alicyclic amines) is 1. The second kappa shape index (κ2) is 17.1. The predicted molar refractivity (Wildman–Crippen MR) is 221 cm³/mol. The number of piperidine rings is 2. The summed E-state index contributed by atoms with van der Waals surface area (Å²) in [6.07, 6.45) is 2.56. The van der Waals surface area contributed by atoms with Gasteiger partial charge in [0, 0.05) is 72.8 Å². The van der Waals surface area contributed by atoms with Crippen molar-refractivity contribution in [3.8, 4) is 28.6 Å². The van der Waals surface area contributed by atoms with Crippen LogP contribution >= 0.6 is 0 Å². The minimum absolute atomic E-state index is 0.0406. The average Bonchev–Trinajstić information content (AvgIpc) is 3.78. The van der Waals surface area contributed by atoms with Crippen molar-refractivity contribution < 1.29 is 34.2 Å². The fourth-order valence-corrected chi connectivity index (χ4v) is 8.59. The van der Waals surface area contributed by atoms with Crippen LogP contribution in [0.5, 0.6) is 11.5 Å². The van der Waals surface area contributed by atoms with Crippen molar-refractivity contribution in [1.82, 2.24) is 29.9 Å². The molecule has 14 heteroatoms. The first kappa shape index (κ1) is 41.3. The highest BCUT2D eigenvalue weighted by molar-refractivity contribution is 6.07. The Bertz CT molecular complexity index is 2270. The van der Waals surface area contributed by atoms with Gasteiger partial charge in [-0.05, 0) is 85.6 Å². The molecule has 310 valence electrons. The lowest BCUT2D eigenvalue weighted by Crippen LogP contribution is -2.52. The van der Waals surface area contributed by atoms with Crippen molar-refractivity contribution in [3.05, 3.63) is 82.7 Å². The third kappa shape index (κ3) is 8.49. The monoisotopic (exact) mass is 803 g/mol. The second-order valence-corrected chi connectivity index (χ2v) is 16.7. The van der Waals surface area contributed by atoms with E-state index in [1.54, 1.807) is 24.3 Å². The van der Waals surface area contributed by atoms with E-state index in [4.69, 9.17) is 0 Å². The molecule has 1 aromatic heterocycles. The molecule has 0 spiro atoms. The van der Waals surface area contributed by atoms with E-state index >= 15 is 0 Å². The molecule has 0 saturated carbocycles. The molecule has 4 aromatic rings. The zero-order valence-corrected chi connectivity index (χ0v) is 34.3. The number of benzene rings is 3. The first-order valence-electron chi connectivity index (χ1n) is 20.7. The minimum atomic E-state index is -0.758. The van der Waals surface area contributed by atoms with Crippen molar-refractivity contribution >= 4 is 35.1 Å². The standard InChI is InChI=1S/C45H53N7O7/c1-6-40-48-49-42(33-20-31(25(2)3)38(54)22-39(33)55)52(40)29-12-10-27(11-13-29)23-50-18-16-28(17-19-50)37(53)21-32(26(4)5)43(57)46-35-9-7-8-30-34(35)24-51(45(30)59)36-14-15-41(56)47-44(36)58/h7-13,20,22,25-26,28,32,36,54-55H,6,14-19,21,23-24H2,1-5H3,(H,46,57)(H,47,56,58)/t32-,36?/m0/s1. The van der Waals surface area contributed by atoms with Crippen LogP contribution in [-0.4, -0.2) is 83.3 Å². The Morgan fingerprint density at radius 2 is 1.64 bits per heavy atom. The van der Waals surface area contributed by atoms with Gasteiger partial charge in [0.1, 0.15) is 29.1 Å². The van der Waals surface area contributed by atoms with Crippen molar-refractivity contribution in [2.24, 2.45) is 17.8 Å². The van der Waals surface area contributed by atoms with Gasteiger partial charge in [0.15, 0.2) is 5.82 Å². The lowest BCUT2D eigenvalue weighted by molar-refractivity contribution is -0.137. The molecule has 2 saturated heterocycles. The molecule has 7 rings (SSSR count). The molecular formula is C45H53N7O7. The molecule has 3 aliphatic heterocycles. The maximum absolute atomic E-state index is 13.8. The molecular weight excluding hydrogens is 751 g/mol. The Balaban J connectivity index is 0.951. The third-order valence-electron chi connectivity index (χ3n) is 12.1. The molecule has 0 aliphatic carbocycles. The predicted octanol–water partition coefficient (Wildman–Crippen LogP) is 5.87. The summed E-state index contributed by atoms with van der Waals surface area (Å²) in [5.41, 5.74) is 4.70. The van der Waals surface area contributed by atoms with Crippen LogP contribution in [-0.2, 0) is 38.7 Å². The van der Waals surface area contributed by atoms with E-state index in [1.165, 1.54) is 11.0 Å². The number of ketones is 1. The fraction of sp³-hybridized carbons (Fsp3) is 0.444. The number of nitrogens with zero attached hydrogens (tertiary/aromatic N) is 5. The van der Waals surface area contributed by atoms with Crippen LogP contribution in [0.4, 0.5) is 5.69 Å². The summed E-state index contributed by atoms with van der Waals surface area (Å²) in [5, 5.41) is 35.4. The first-order chi connectivity index (χ1) is 28.2. The van der Waals surface area contributed by atoms with Gasteiger partial charge in [-0.25, -0.2) is 0 Å². The molecule has 1 unspecified atom stereocenters. The SMILES string of the molecule is CCc1nnc(-c2cc(C(C)C)c(O)cc2O)n1-c1ccc(CN2CCC(C(=O)C[C@H](C(=O)Nc3cccc4c3CN(C3CCC(=O)NC3=O)C4=O)C(C)C)CC2)cc1. The van der Waals surface area contributed by atoms with E-state index in [1.807, 2.05) is 51.3 Å². The van der Waals surface area contributed by atoms with E-state index in [0.29, 0.717) is 53.0 Å². The lowest BCUT2D eigenvalue weighted by atomic mass is 9.83. The molecule has 59 heavy (non-hydrogen) atoms. The number of aryl methyl sites for hydroxylation is 1. The number of fused-ring (bicyclic) bond motifs is 1. The largest absolute Gasteiger partial charge is 0.508 e. The van der Waals surface area contributed by atoms with Crippen LogP contribution in [0.15, 0.2) is 54.6 Å². The minimum Gasteiger partial charge on any atom is -0.508 e. The number of imide groups is 1. The average molecular weight is 804 g/mol. The van der Waals surface area contributed by atoms with E-state index in [0.717, 1.165) is 36.7 Å². The van der Waals surface area contributed by atoms with E-state index in [2.05, 4.69) is 37.9 Å². The van der Waals surface area contributed by atoms with Crippen molar-refractivity contribution in [2.75, 3.05) is 18.4 Å². The highest BCUT2D eigenvalue weighted by Gasteiger charge is 2.40. The van der Waals surface area contributed by atoms with E-state index < -0.39 is 17.9 Å². The molecule has 4 N–H and O–H groups in total. The molecule has 14 nitrogen and oxygen atoms in total. The van der Waals surface area contributed by atoms with Gasteiger partial charge in [-0.3, -0.25) is 38.8 Å². The molecule has 4 heterocycles. The molecule has 2 fully saturated rings. The van der Waals surface area contributed by atoms with Crippen LogP contribution < -0.4 is 10.6 Å². The molecule has 3 aliphatic rings. The Kier molecular flexibility index (Phi) is 12.0. The Hall–Kier alpha value is -5.89. The molecule has 0 radical (unpaired) electrons. The Morgan fingerprint density at radius 3 is 2.31 bits per heavy atom. The number of aromatic nitrogens is 3. The number of Topliss-reactive ketones (excluding diaryl/α,β-unsaturated/α-hetero) is 1. The first-order valence-corrected chi connectivity index (χ1v) is 20.7. The zero-order chi connectivity index (χ0) is 42.1. The summed E-state index contributed by atoms with van der Waals surface area (Å²) in [6, 6.07) is 15.7. The number of rotatable bonds is 13. The van der Waals surface area contributed by atoms with Gasteiger partial charge < -0.3 is 20.4 Å². The van der Waals surface area contributed by atoms with Gasteiger partial charge in [0.2, 0.25) is 17.7 Å². The number of nitrogens with one attached hydrogen (secondary N) is 2. The van der Waals surface area contributed by atoms with Crippen LogP contribution in [0.1, 0.15) is 106 Å². The number of phenolic OH excluding ortho intramolecular Hbond substituents is 2. The number of hydrogen-bond acceptors (Lipinski definition) is 10. The maximum atomic E-state index is 13.8. The number of anilines is 1. The van der Waals surface area contributed by atoms with Crippen LogP contribution in [0, 0.1) is 17.8 Å². The van der Waals surface area contributed by atoms with Crippen LogP contribution in [0.3, 0.4) is 0 Å². The van der Waals surface area contributed by atoms with Crippen molar-refractivity contribution in [1.29, 1.82) is 0 Å². The highest BCUT2D eigenvalue weighted by Crippen LogP contribution is 2.39. The fourth-order valence-electron chi connectivity index (χ4n) is 8.59. The van der Waals surface area contributed by atoms with Gasteiger partial charge in [0.05, 0.1) is 5.56 Å². The summed E-state index contributed by atoms with van der Waals surface area (Å²) in [7, 11) is 0. The zero-order valence-electron chi connectivity index (χ0n) is 34.3. The summed E-state index contributed by atoms with van der Waals surface area (Å²) < 4.78 is 1.94. The Morgan fingerprint density at radius 1 is 0.915 bits per heavy atom. The van der Waals surface area contributed by atoms with Gasteiger partial charge >= 0.3 is 0 Å². The normalized spacial score (nSPS) is 18.1. The summed E-state index contributed by atoms with van der Waals surface area (Å²) in [6.45, 7) is 12.2. The lowest BCUT2D eigenvalue weighted by Gasteiger charge is -2.32. The summed E-state index contributed by atoms with van der Waals surface area (Å²) >= 11 is 0. The van der Waals surface area contributed by atoms with Crippen LogP contribution in [0.25, 0.3) is 17.1 Å². The number of hydrogen-bond donors (Lipinski definition) is 4. The smallest absolute Gasteiger partial charge is 0.255 e. The number of amides is 4. The van der Waals surface area contributed by atoms with Crippen LogP contribution in [0.2, 0.25) is 0 Å². The number of phenols is 2. The van der Waals surface area contributed by atoms with E-state index in [9.17, 15) is 34.2 Å². The van der Waals surface area contributed by atoms with Crippen molar-refractivity contribution in [3.63, 3.8) is 0 Å². The van der Waals surface area contributed by atoms with E-state index in [-0.39, 0.29) is 78.6 Å². The van der Waals surface area contributed by atoms with Crippen molar-refractivity contribution in [2.45, 2.75) is 98.2 Å². The topological polar surface area (TPSA) is 187 Å². The molecule has 4 amide bonds. The quantitative estimate of drug-likeness (QED) is 0.119. The third-order valence-corrected chi connectivity index (χ3v) is 12.1. The number of aromatic hydroxyl groups is 2. The van der Waals surface area contributed by atoms with Gasteiger partial charge in [-0.15, -0.1) is 10.2 Å².